The van der Waals surface area contributed by atoms with Gasteiger partial charge in [-0.2, -0.15) is 0 Å². The molecule has 11 heteroatoms. The van der Waals surface area contributed by atoms with Crippen molar-refractivity contribution in [3.63, 3.8) is 0 Å². The number of nitrogens with zero attached hydrogens (tertiary/aromatic N) is 3. The highest BCUT2D eigenvalue weighted by atomic mass is 16.5. The van der Waals surface area contributed by atoms with E-state index in [4.69, 9.17) is 14.9 Å². The molecule has 1 aliphatic rings. The quantitative estimate of drug-likeness (QED) is 0.242. The first-order valence-electron chi connectivity index (χ1n) is 12.9. The molecule has 0 radical (unpaired) electrons. The van der Waals surface area contributed by atoms with Crippen molar-refractivity contribution in [3.05, 3.63) is 54.5 Å². The van der Waals surface area contributed by atoms with Crippen molar-refractivity contribution in [1.82, 2.24) is 25.1 Å². The molecule has 1 aromatic carbocycles. The fourth-order valence-electron chi connectivity index (χ4n) is 4.50. The Morgan fingerprint density at radius 2 is 1.92 bits per heavy atom. The molecule has 4 N–H and O–H groups in total. The Bertz CT molecular complexity index is 1370. The lowest BCUT2D eigenvalue weighted by Gasteiger charge is -2.34. The lowest BCUT2D eigenvalue weighted by atomic mass is 10.0. The third-order valence-electron chi connectivity index (χ3n) is 6.76. The number of carbonyl (C=O) groups excluding carboxylic acids is 2. The van der Waals surface area contributed by atoms with E-state index in [1.165, 1.54) is 17.9 Å². The Kier molecular flexibility index (Phi) is 8.82. The van der Waals surface area contributed by atoms with Crippen molar-refractivity contribution in [2.75, 3.05) is 32.6 Å². The average molecular weight is 534 g/mol. The number of hydrogen-bond donors (Lipinski definition) is 4. The van der Waals surface area contributed by atoms with Gasteiger partial charge in [0.1, 0.15) is 11.6 Å². The maximum absolute atomic E-state index is 12.8. The molecule has 11 nitrogen and oxygen atoms in total. The van der Waals surface area contributed by atoms with Gasteiger partial charge >= 0.3 is 6.03 Å². The van der Waals surface area contributed by atoms with Crippen LogP contribution in [0.4, 0.5) is 10.6 Å². The Labute approximate surface area is 227 Å². The predicted molar refractivity (Wildman–Crippen MR) is 151 cm³/mol. The van der Waals surface area contributed by atoms with Crippen LogP contribution in [-0.4, -0.2) is 71.9 Å². The van der Waals surface area contributed by atoms with Gasteiger partial charge in [-0.15, -0.1) is 0 Å². The molecule has 0 aliphatic carbocycles. The number of fused-ring (bicyclic) bond motifs is 1. The van der Waals surface area contributed by atoms with Gasteiger partial charge in [-0.3, -0.25) is 9.36 Å². The molecule has 3 heterocycles. The largest absolute Gasteiger partial charge is 0.493 e. The summed E-state index contributed by atoms with van der Waals surface area (Å²) in [5.41, 5.74) is 0.869. The molecular formula is C28H35N7O4. The van der Waals surface area contributed by atoms with E-state index in [0.717, 1.165) is 37.5 Å². The summed E-state index contributed by atoms with van der Waals surface area (Å²) in [7, 11) is 3.09. The second kappa shape index (κ2) is 12.4. The van der Waals surface area contributed by atoms with Gasteiger partial charge in [-0.1, -0.05) is 0 Å². The van der Waals surface area contributed by atoms with Crippen molar-refractivity contribution in [3.8, 4) is 17.2 Å². The van der Waals surface area contributed by atoms with E-state index in [1.807, 2.05) is 6.07 Å². The summed E-state index contributed by atoms with van der Waals surface area (Å²) in [5.74, 6) is 1.14. The van der Waals surface area contributed by atoms with Crippen LogP contribution < -0.4 is 25.4 Å². The number of piperidine rings is 1. The van der Waals surface area contributed by atoms with E-state index in [1.54, 1.807) is 43.7 Å². The third-order valence-corrected chi connectivity index (χ3v) is 6.76. The number of methoxy groups -OCH3 is 1. The molecule has 1 fully saturated rings. The fourth-order valence-corrected chi connectivity index (χ4v) is 4.50. The standard InChI is InChI=1S/C28H35N7O4/c1-18(2)34-10-7-21(8-11-34)32-17-20(16-29)27(36)33-26-14-22(5-9-31-26)39-25-13-19-6-12-35(28(37)30-3)23(19)15-24(25)38-4/h5-6,9,12-18,21,29,32H,7-8,10-11H2,1-4H3,(H,30,37)(H,31,33,36)/b20-17+,29-16?. The van der Waals surface area contributed by atoms with E-state index in [2.05, 4.69) is 39.7 Å². The number of benzene rings is 1. The zero-order chi connectivity index (χ0) is 27.9. The van der Waals surface area contributed by atoms with Gasteiger partial charge in [-0.05, 0) is 44.9 Å². The zero-order valence-electron chi connectivity index (χ0n) is 22.7. The van der Waals surface area contributed by atoms with Gasteiger partial charge in [-0.25, -0.2) is 9.78 Å². The Morgan fingerprint density at radius 3 is 2.59 bits per heavy atom. The van der Waals surface area contributed by atoms with Crippen molar-refractivity contribution < 1.29 is 19.1 Å². The van der Waals surface area contributed by atoms with Crippen LogP contribution in [0.25, 0.3) is 10.9 Å². The molecular weight excluding hydrogens is 498 g/mol. The number of carbonyl (C=O) groups is 2. The van der Waals surface area contributed by atoms with Crippen LogP contribution in [0.15, 0.2) is 54.5 Å². The first kappa shape index (κ1) is 27.6. The maximum Gasteiger partial charge on any atom is 0.325 e. The van der Waals surface area contributed by atoms with Gasteiger partial charge in [0.15, 0.2) is 11.5 Å². The number of hydrogen-bond acceptors (Lipinski definition) is 8. The number of likely N-dealkylation sites (tertiary alicyclic amines) is 1. The van der Waals surface area contributed by atoms with Gasteiger partial charge in [0, 0.05) is 74.5 Å². The predicted octanol–water partition coefficient (Wildman–Crippen LogP) is 3.96. The minimum atomic E-state index is -0.448. The number of amides is 2. The van der Waals surface area contributed by atoms with Crippen molar-refractivity contribution >= 4 is 34.9 Å². The first-order valence-corrected chi connectivity index (χ1v) is 12.9. The third kappa shape index (κ3) is 6.55. The molecule has 2 aromatic heterocycles. The van der Waals surface area contributed by atoms with Crippen LogP contribution >= 0.6 is 0 Å². The molecule has 1 aliphatic heterocycles. The van der Waals surface area contributed by atoms with Crippen LogP contribution in [0.3, 0.4) is 0 Å². The lowest BCUT2D eigenvalue weighted by molar-refractivity contribution is -0.112. The molecule has 0 unspecified atom stereocenters. The smallest absolute Gasteiger partial charge is 0.325 e. The van der Waals surface area contributed by atoms with Crippen molar-refractivity contribution in [1.29, 1.82) is 5.41 Å². The molecule has 3 aromatic rings. The highest BCUT2D eigenvalue weighted by molar-refractivity contribution is 6.16. The maximum atomic E-state index is 12.8. The monoisotopic (exact) mass is 533 g/mol. The number of aromatic nitrogens is 2. The van der Waals surface area contributed by atoms with E-state index >= 15 is 0 Å². The summed E-state index contributed by atoms with van der Waals surface area (Å²) < 4.78 is 13.1. The van der Waals surface area contributed by atoms with Gasteiger partial charge in [0.2, 0.25) is 0 Å². The van der Waals surface area contributed by atoms with E-state index in [9.17, 15) is 9.59 Å². The van der Waals surface area contributed by atoms with Crippen molar-refractivity contribution in [2.45, 2.75) is 38.8 Å². The first-order chi connectivity index (χ1) is 18.8. The van der Waals surface area contributed by atoms with E-state index in [0.29, 0.717) is 28.8 Å². The number of nitrogens with one attached hydrogen (secondary N) is 4. The van der Waals surface area contributed by atoms with Gasteiger partial charge in [0.05, 0.1) is 18.2 Å². The minimum Gasteiger partial charge on any atom is -0.493 e. The number of pyridine rings is 1. The normalized spacial score (nSPS) is 14.7. The van der Waals surface area contributed by atoms with Crippen LogP contribution in [-0.2, 0) is 4.79 Å². The number of anilines is 1. The summed E-state index contributed by atoms with van der Waals surface area (Å²) in [5, 5.41) is 17.1. The van der Waals surface area contributed by atoms with E-state index < -0.39 is 5.91 Å². The Morgan fingerprint density at radius 1 is 1.15 bits per heavy atom. The van der Waals surface area contributed by atoms with Crippen molar-refractivity contribution in [2.24, 2.45) is 0 Å². The highest BCUT2D eigenvalue weighted by Crippen LogP contribution is 2.36. The molecule has 206 valence electrons. The molecule has 39 heavy (non-hydrogen) atoms. The number of ether oxygens (including phenoxy) is 2. The highest BCUT2D eigenvalue weighted by Gasteiger charge is 2.20. The molecule has 4 rings (SSSR count). The van der Waals surface area contributed by atoms with Crippen LogP contribution in [0, 0.1) is 5.41 Å². The van der Waals surface area contributed by atoms with Crippen LogP contribution in [0.5, 0.6) is 17.2 Å². The lowest BCUT2D eigenvalue weighted by Crippen LogP contribution is -2.44. The van der Waals surface area contributed by atoms with Gasteiger partial charge < -0.3 is 35.7 Å². The molecule has 0 spiro atoms. The average Bonchev–Trinajstić information content (AvgIpc) is 3.35. The van der Waals surface area contributed by atoms with Crippen LogP contribution in [0.1, 0.15) is 26.7 Å². The molecule has 1 saturated heterocycles. The SMILES string of the molecule is CNC(=O)n1ccc2cc(Oc3ccnc(NC(=O)/C(C=N)=C/NC4CCN(C(C)C)CC4)c3)c(OC)cc21. The molecule has 0 atom stereocenters. The molecule has 0 saturated carbocycles. The second-order valence-electron chi connectivity index (χ2n) is 9.55. The van der Waals surface area contributed by atoms with Gasteiger partial charge in [0.25, 0.3) is 5.91 Å². The zero-order valence-corrected chi connectivity index (χ0v) is 22.7. The van der Waals surface area contributed by atoms with Crippen LogP contribution in [0.2, 0.25) is 0 Å². The number of rotatable bonds is 9. The second-order valence-corrected chi connectivity index (χ2v) is 9.55. The summed E-state index contributed by atoms with van der Waals surface area (Å²) in [6.07, 6.45) is 7.78. The topological polar surface area (TPSA) is 134 Å². The summed E-state index contributed by atoms with van der Waals surface area (Å²) >= 11 is 0. The summed E-state index contributed by atoms with van der Waals surface area (Å²) in [6, 6.07) is 9.09. The minimum absolute atomic E-state index is 0.196. The van der Waals surface area contributed by atoms with E-state index in [-0.39, 0.29) is 23.5 Å². The summed E-state index contributed by atoms with van der Waals surface area (Å²) in [4.78, 5) is 31.6. The Hall–Kier alpha value is -4.38. The fraction of sp³-hybridized carbons (Fsp3) is 0.357. The Balaban J connectivity index is 1.43. The molecule has 0 bridgehead atoms. The molecule has 2 amide bonds. The summed E-state index contributed by atoms with van der Waals surface area (Å²) in [6.45, 7) is 6.40.